The van der Waals surface area contributed by atoms with Crippen LogP contribution in [0.3, 0.4) is 0 Å². The van der Waals surface area contributed by atoms with Gasteiger partial charge in [0.05, 0.1) is 14.2 Å². The topological polar surface area (TPSA) is 94.1 Å². The number of rotatable bonds is 6. The number of benzene rings is 2. The number of carboxylic acid groups (broad SMARTS) is 1. The van der Waals surface area contributed by atoms with Crippen LogP contribution in [0.1, 0.15) is 15.9 Å². The van der Waals surface area contributed by atoms with E-state index in [1.54, 1.807) is 24.3 Å². The fourth-order valence-electron chi connectivity index (χ4n) is 2.80. The second kappa shape index (κ2) is 6.72. The van der Waals surface area contributed by atoms with Crippen LogP contribution in [0.15, 0.2) is 30.3 Å². The molecule has 1 aliphatic rings. The van der Waals surface area contributed by atoms with E-state index in [9.17, 15) is 9.59 Å². The number of ether oxygens (including phenoxy) is 3. The molecular weight excluding hydrogens is 326 g/mol. The lowest BCUT2D eigenvalue weighted by Crippen LogP contribution is -2.12. The Hall–Kier alpha value is -3.22. The lowest BCUT2D eigenvalue weighted by Gasteiger charge is -2.17. The second-order valence-corrected chi connectivity index (χ2v) is 5.41. The van der Waals surface area contributed by atoms with Gasteiger partial charge in [-0.2, -0.15) is 0 Å². The van der Waals surface area contributed by atoms with E-state index in [4.69, 9.17) is 19.3 Å². The normalized spacial score (nSPS) is 12.3. The van der Waals surface area contributed by atoms with Crippen LogP contribution in [-0.2, 0) is 11.3 Å². The number of hydrogen-bond donors (Lipinski definition) is 2. The van der Waals surface area contributed by atoms with Crippen LogP contribution in [0, 0.1) is 0 Å². The van der Waals surface area contributed by atoms with Crippen molar-refractivity contribution in [3.63, 3.8) is 0 Å². The Morgan fingerprint density at radius 1 is 1.12 bits per heavy atom. The molecule has 0 saturated heterocycles. The van der Waals surface area contributed by atoms with Gasteiger partial charge in [0.25, 0.3) is 5.91 Å². The van der Waals surface area contributed by atoms with Gasteiger partial charge >= 0.3 is 5.97 Å². The summed E-state index contributed by atoms with van der Waals surface area (Å²) in [5, 5.41) is 11.7. The zero-order valence-corrected chi connectivity index (χ0v) is 13.8. The molecule has 0 unspecified atom stereocenters. The summed E-state index contributed by atoms with van der Waals surface area (Å²) in [6, 6.07) is 8.90. The zero-order chi connectivity index (χ0) is 18.0. The predicted molar refractivity (Wildman–Crippen MR) is 89.3 cm³/mol. The van der Waals surface area contributed by atoms with E-state index < -0.39 is 12.6 Å². The summed E-state index contributed by atoms with van der Waals surface area (Å²) in [4.78, 5) is 22.6. The van der Waals surface area contributed by atoms with Crippen LogP contribution >= 0.6 is 0 Å². The van der Waals surface area contributed by atoms with E-state index in [0.29, 0.717) is 29.2 Å². The van der Waals surface area contributed by atoms with E-state index in [0.717, 1.165) is 11.1 Å². The molecule has 0 atom stereocenters. The van der Waals surface area contributed by atoms with E-state index in [2.05, 4.69) is 5.32 Å². The quantitative estimate of drug-likeness (QED) is 0.834. The maximum absolute atomic E-state index is 11.7. The van der Waals surface area contributed by atoms with E-state index in [1.807, 2.05) is 6.07 Å². The summed E-state index contributed by atoms with van der Waals surface area (Å²) in [5.41, 5.74) is 2.95. The number of carbonyl (C=O) groups is 2. The molecule has 0 radical (unpaired) electrons. The number of fused-ring (bicyclic) bond motifs is 1. The molecule has 2 aromatic carbocycles. The Labute approximate surface area is 144 Å². The number of carboxylic acids is 1. The van der Waals surface area contributed by atoms with E-state index in [1.165, 1.54) is 14.2 Å². The Balaban J connectivity index is 2.11. The highest BCUT2D eigenvalue weighted by atomic mass is 16.5. The molecule has 3 rings (SSSR count). The fraction of sp³-hybridized carbons (Fsp3) is 0.222. The number of hydrogen-bond acceptors (Lipinski definition) is 5. The van der Waals surface area contributed by atoms with Gasteiger partial charge in [-0.15, -0.1) is 0 Å². The molecule has 0 saturated carbocycles. The van der Waals surface area contributed by atoms with Crippen molar-refractivity contribution in [3.8, 4) is 28.4 Å². The standard InChI is InChI=1S/C18H17NO6/c1-23-14-6-5-12(16(17(14)24-2)25-9-15(20)21)10-3-4-13-11(7-10)8-19-18(13)22/h3-7H,8-9H2,1-2H3,(H,19,22)(H,20,21). The van der Waals surface area contributed by atoms with Crippen LogP contribution in [0.2, 0.25) is 0 Å². The highest BCUT2D eigenvalue weighted by Gasteiger charge is 2.22. The van der Waals surface area contributed by atoms with Crippen molar-refractivity contribution < 1.29 is 28.9 Å². The molecule has 130 valence electrons. The molecule has 0 fully saturated rings. The van der Waals surface area contributed by atoms with Gasteiger partial charge in [0, 0.05) is 17.7 Å². The first-order valence-electron chi connectivity index (χ1n) is 7.56. The summed E-state index contributed by atoms with van der Waals surface area (Å²) in [5.74, 6) is -0.169. The van der Waals surface area contributed by atoms with Crippen molar-refractivity contribution in [1.29, 1.82) is 0 Å². The van der Waals surface area contributed by atoms with Gasteiger partial charge in [0.1, 0.15) is 0 Å². The summed E-state index contributed by atoms with van der Waals surface area (Å²) in [6.07, 6.45) is 0. The second-order valence-electron chi connectivity index (χ2n) is 5.41. The van der Waals surface area contributed by atoms with Gasteiger partial charge in [-0.05, 0) is 35.4 Å². The Kier molecular flexibility index (Phi) is 4.47. The predicted octanol–water partition coefficient (Wildman–Crippen LogP) is 2.08. The summed E-state index contributed by atoms with van der Waals surface area (Å²) < 4.78 is 16.1. The third-order valence-corrected chi connectivity index (χ3v) is 3.94. The third-order valence-electron chi connectivity index (χ3n) is 3.94. The van der Waals surface area contributed by atoms with E-state index >= 15 is 0 Å². The fourth-order valence-corrected chi connectivity index (χ4v) is 2.80. The molecule has 0 spiro atoms. The minimum absolute atomic E-state index is 0.101. The molecule has 0 bridgehead atoms. The molecule has 0 aromatic heterocycles. The maximum Gasteiger partial charge on any atom is 0.341 e. The average Bonchev–Trinajstić information content (AvgIpc) is 2.99. The number of amides is 1. The molecule has 1 heterocycles. The van der Waals surface area contributed by atoms with Crippen LogP contribution < -0.4 is 19.5 Å². The molecule has 2 aromatic rings. The minimum Gasteiger partial charge on any atom is -0.493 e. The largest absolute Gasteiger partial charge is 0.493 e. The van der Waals surface area contributed by atoms with Crippen molar-refractivity contribution in [3.05, 3.63) is 41.5 Å². The molecule has 0 aliphatic carbocycles. The van der Waals surface area contributed by atoms with Gasteiger partial charge in [-0.1, -0.05) is 6.07 Å². The summed E-state index contributed by atoms with van der Waals surface area (Å²) in [7, 11) is 2.95. The first-order valence-corrected chi connectivity index (χ1v) is 7.56. The molecule has 7 heteroatoms. The van der Waals surface area contributed by atoms with Crippen molar-refractivity contribution >= 4 is 11.9 Å². The van der Waals surface area contributed by atoms with Crippen LogP contribution in [0.25, 0.3) is 11.1 Å². The molecule has 25 heavy (non-hydrogen) atoms. The van der Waals surface area contributed by atoms with Gasteiger partial charge in [-0.3, -0.25) is 4.79 Å². The van der Waals surface area contributed by atoms with Gasteiger partial charge in [-0.25, -0.2) is 4.79 Å². The van der Waals surface area contributed by atoms with Crippen molar-refractivity contribution in [2.75, 3.05) is 20.8 Å². The van der Waals surface area contributed by atoms with Crippen molar-refractivity contribution in [2.45, 2.75) is 6.54 Å². The average molecular weight is 343 g/mol. The van der Waals surface area contributed by atoms with Crippen LogP contribution in [-0.4, -0.2) is 37.8 Å². The van der Waals surface area contributed by atoms with Crippen molar-refractivity contribution in [1.82, 2.24) is 5.32 Å². The Morgan fingerprint density at radius 3 is 2.56 bits per heavy atom. The molecular formula is C18H17NO6. The number of carbonyl (C=O) groups excluding carboxylic acids is 1. The monoisotopic (exact) mass is 343 g/mol. The summed E-state index contributed by atoms with van der Waals surface area (Å²) >= 11 is 0. The van der Waals surface area contributed by atoms with Gasteiger partial charge < -0.3 is 24.6 Å². The highest BCUT2D eigenvalue weighted by molar-refractivity contribution is 5.99. The zero-order valence-electron chi connectivity index (χ0n) is 13.8. The third kappa shape index (κ3) is 3.08. The van der Waals surface area contributed by atoms with Gasteiger partial charge in [0.2, 0.25) is 5.75 Å². The number of nitrogens with one attached hydrogen (secondary N) is 1. The Morgan fingerprint density at radius 2 is 1.88 bits per heavy atom. The maximum atomic E-state index is 11.7. The van der Waals surface area contributed by atoms with E-state index in [-0.39, 0.29) is 11.7 Å². The molecule has 7 nitrogen and oxygen atoms in total. The molecule has 1 amide bonds. The lowest BCUT2D eigenvalue weighted by molar-refractivity contribution is -0.139. The van der Waals surface area contributed by atoms with Crippen LogP contribution in [0.5, 0.6) is 17.2 Å². The summed E-state index contributed by atoms with van der Waals surface area (Å²) in [6.45, 7) is -0.0534. The highest BCUT2D eigenvalue weighted by Crippen LogP contribution is 2.44. The molecule has 2 N–H and O–H groups in total. The van der Waals surface area contributed by atoms with Crippen LogP contribution in [0.4, 0.5) is 0 Å². The molecule has 1 aliphatic heterocycles. The number of methoxy groups -OCH3 is 2. The van der Waals surface area contributed by atoms with Gasteiger partial charge in [0.15, 0.2) is 18.1 Å². The minimum atomic E-state index is -1.10. The number of aliphatic carboxylic acids is 1. The smallest absolute Gasteiger partial charge is 0.341 e. The Bertz CT molecular complexity index is 846. The SMILES string of the molecule is COc1ccc(-c2ccc3c(c2)CNC3=O)c(OCC(=O)O)c1OC. The first-order chi connectivity index (χ1) is 12.0. The lowest BCUT2D eigenvalue weighted by atomic mass is 9.99. The first kappa shape index (κ1) is 16.6. The van der Waals surface area contributed by atoms with Crippen molar-refractivity contribution in [2.24, 2.45) is 0 Å².